The van der Waals surface area contributed by atoms with Crippen LogP contribution in [0.4, 0.5) is 0 Å². The predicted octanol–water partition coefficient (Wildman–Crippen LogP) is 5.43. The lowest BCUT2D eigenvalue weighted by molar-refractivity contribution is 0.416. The molecule has 0 saturated carbocycles. The standard InChI is InChI=1S/C19H20Cl2N2O/c1-24-17-9-8-12(20)11-15(17)18-13(5-2-3-10-22)14-6-4-7-16(21)19(14)23-18/h4,6-9,11,23H,2-3,5,10,22H2,1H3. The number of hydrogen-bond donors (Lipinski definition) is 2. The van der Waals surface area contributed by atoms with Gasteiger partial charge in [-0.05, 0) is 55.6 Å². The van der Waals surface area contributed by atoms with Crippen LogP contribution in [0.25, 0.3) is 22.2 Å². The topological polar surface area (TPSA) is 51.0 Å². The second-order valence-corrected chi connectivity index (χ2v) is 6.57. The molecule has 0 fully saturated rings. The fraction of sp³-hybridized carbons (Fsp3) is 0.263. The molecule has 0 amide bonds. The van der Waals surface area contributed by atoms with Gasteiger partial charge in [-0.25, -0.2) is 0 Å². The Balaban J connectivity index is 2.21. The molecule has 1 heterocycles. The van der Waals surface area contributed by atoms with Crippen molar-refractivity contribution in [1.29, 1.82) is 0 Å². The molecular formula is C19H20Cl2N2O. The quantitative estimate of drug-likeness (QED) is 0.574. The summed E-state index contributed by atoms with van der Waals surface area (Å²) in [5.41, 5.74) is 9.77. The van der Waals surface area contributed by atoms with Gasteiger partial charge in [0.1, 0.15) is 5.75 Å². The first-order valence-corrected chi connectivity index (χ1v) is 8.74. The first-order chi connectivity index (χ1) is 11.7. The number of nitrogens with two attached hydrogens (primary N) is 1. The number of unbranched alkanes of at least 4 members (excludes halogenated alkanes) is 1. The van der Waals surface area contributed by atoms with E-state index in [-0.39, 0.29) is 0 Å². The van der Waals surface area contributed by atoms with Gasteiger partial charge in [-0.3, -0.25) is 0 Å². The molecule has 24 heavy (non-hydrogen) atoms. The molecular weight excluding hydrogens is 343 g/mol. The largest absolute Gasteiger partial charge is 0.496 e. The number of rotatable bonds is 6. The molecule has 0 aliphatic rings. The van der Waals surface area contributed by atoms with Crippen LogP contribution in [-0.4, -0.2) is 18.6 Å². The fourth-order valence-electron chi connectivity index (χ4n) is 3.05. The van der Waals surface area contributed by atoms with Crippen molar-refractivity contribution >= 4 is 34.1 Å². The highest BCUT2D eigenvalue weighted by molar-refractivity contribution is 6.35. The Morgan fingerprint density at radius 1 is 1.12 bits per heavy atom. The summed E-state index contributed by atoms with van der Waals surface area (Å²) in [5, 5.41) is 2.51. The van der Waals surface area contributed by atoms with Crippen LogP contribution < -0.4 is 10.5 Å². The zero-order valence-corrected chi connectivity index (χ0v) is 15.0. The van der Waals surface area contributed by atoms with Crippen molar-refractivity contribution in [1.82, 2.24) is 4.98 Å². The summed E-state index contributed by atoms with van der Waals surface area (Å²) in [5.74, 6) is 0.780. The first-order valence-electron chi connectivity index (χ1n) is 7.98. The lowest BCUT2D eigenvalue weighted by Crippen LogP contribution is -1.99. The minimum absolute atomic E-state index is 0.670. The van der Waals surface area contributed by atoms with Crippen molar-refractivity contribution in [3.63, 3.8) is 0 Å². The zero-order valence-electron chi connectivity index (χ0n) is 13.5. The van der Waals surface area contributed by atoms with E-state index in [1.54, 1.807) is 7.11 Å². The summed E-state index contributed by atoms with van der Waals surface area (Å²) in [7, 11) is 1.66. The second-order valence-electron chi connectivity index (χ2n) is 5.73. The maximum absolute atomic E-state index is 6.39. The minimum Gasteiger partial charge on any atom is -0.496 e. The molecule has 5 heteroatoms. The van der Waals surface area contributed by atoms with Gasteiger partial charge in [0.25, 0.3) is 0 Å². The summed E-state index contributed by atoms with van der Waals surface area (Å²) in [6.45, 7) is 0.693. The number of para-hydroxylation sites is 1. The molecule has 3 rings (SSSR count). The van der Waals surface area contributed by atoms with E-state index < -0.39 is 0 Å². The van der Waals surface area contributed by atoms with Crippen molar-refractivity contribution in [3.05, 3.63) is 52.0 Å². The van der Waals surface area contributed by atoms with Gasteiger partial charge < -0.3 is 15.5 Å². The molecule has 126 valence electrons. The molecule has 0 bridgehead atoms. The van der Waals surface area contributed by atoms with Crippen LogP contribution in [0.15, 0.2) is 36.4 Å². The monoisotopic (exact) mass is 362 g/mol. The lowest BCUT2D eigenvalue weighted by Gasteiger charge is -2.10. The van der Waals surface area contributed by atoms with E-state index in [1.165, 1.54) is 5.56 Å². The van der Waals surface area contributed by atoms with Crippen molar-refractivity contribution < 1.29 is 4.74 Å². The van der Waals surface area contributed by atoms with Crippen LogP contribution in [0.2, 0.25) is 10.0 Å². The molecule has 0 aliphatic heterocycles. The van der Waals surface area contributed by atoms with Gasteiger partial charge >= 0.3 is 0 Å². The smallest absolute Gasteiger partial charge is 0.128 e. The number of ether oxygens (including phenoxy) is 1. The fourth-order valence-corrected chi connectivity index (χ4v) is 3.44. The number of methoxy groups -OCH3 is 1. The first kappa shape index (κ1) is 17.2. The molecule has 0 saturated heterocycles. The van der Waals surface area contributed by atoms with Gasteiger partial charge in [0, 0.05) is 16.0 Å². The number of hydrogen-bond acceptors (Lipinski definition) is 2. The second kappa shape index (κ2) is 7.47. The van der Waals surface area contributed by atoms with Crippen LogP contribution >= 0.6 is 23.2 Å². The van der Waals surface area contributed by atoms with Crippen molar-refractivity contribution in [2.75, 3.05) is 13.7 Å². The average Bonchev–Trinajstić information content (AvgIpc) is 2.95. The molecule has 0 spiro atoms. The van der Waals surface area contributed by atoms with Gasteiger partial charge in [0.2, 0.25) is 0 Å². The maximum atomic E-state index is 6.39. The normalized spacial score (nSPS) is 11.2. The summed E-state index contributed by atoms with van der Waals surface area (Å²) >= 11 is 12.6. The van der Waals surface area contributed by atoms with Crippen molar-refractivity contribution in [3.8, 4) is 17.0 Å². The summed E-state index contributed by atoms with van der Waals surface area (Å²) in [4.78, 5) is 3.48. The summed E-state index contributed by atoms with van der Waals surface area (Å²) < 4.78 is 5.53. The highest BCUT2D eigenvalue weighted by Gasteiger charge is 2.17. The number of aromatic nitrogens is 1. The Labute approximate surface area is 151 Å². The molecule has 2 aromatic carbocycles. The van der Waals surface area contributed by atoms with Gasteiger partial charge in [-0.1, -0.05) is 35.3 Å². The number of aromatic amines is 1. The van der Waals surface area contributed by atoms with E-state index >= 15 is 0 Å². The van der Waals surface area contributed by atoms with Crippen LogP contribution in [0.1, 0.15) is 18.4 Å². The van der Waals surface area contributed by atoms with E-state index in [9.17, 15) is 0 Å². The number of nitrogens with one attached hydrogen (secondary N) is 1. The highest BCUT2D eigenvalue weighted by atomic mass is 35.5. The Morgan fingerprint density at radius 3 is 2.71 bits per heavy atom. The number of benzene rings is 2. The van der Waals surface area contributed by atoms with E-state index in [0.29, 0.717) is 16.6 Å². The van der Waals surface area contributed by atoms with Crippen LogP contribution in [-0.2, 0) is 6.42 Å². The lowest BCUT2D eigenvalue weighted by atomic mass is 9.99. The van der Waals surface area contributed by atoms with E-state index in [4.69, 9.17) is 33.7 Å². The Kier molecular flexibility index (Phi) is 5.34. The van der Waals surface area contributed by atoms with Crippen LogP contribution in [0, 0.1) is 0 Å². The molecule has 0 radical (unpaired) electrons. The van der Waals surface area contributed by atoms with Gasteiger partial charge in [0.15, 0.2) is 0 Å². The van der Waals surface area contributed by atoms with Gasteiger partial charge in [-0.2, -0.15) is 0 Å². The zero-order chi connectivity index (χ0) is 17.1. The molecule has 0 unspecified atom stereocenters. The van der Waals surface area contributed by atoms with E-state index in [2.05, 4.69) is 11.1 Å². The van der Waals surface area contributed by atoms with Crippen molar-refractivity contribution in [2.24, 2.45) is 5.73 Å². The molecule has 3 nitrogen and oxygen atoms in total. The highest BCUT2D eigenvalue weighted by Crippen LogP contribution is 2.39. The number of halogens is 2. The summed E-state index contributed by atoms with van der Waals surface area (Å²) in [6, 6.07) is 11.6. The van der Waals surface area contributed by atoms with Crippen LogP contribution in [0.3, 0.4) is 0 Å². The Hall–Kier alpha value is -1.68. The Bertz CT molecular complexity index is 858. The van der Waals surface area contributed by atoms with Gasteiger partial charge in [-0.15, -0.1) is 0 Å². The number of H-pyrrole nitrogens is 1. The third kappa shape index (κ3) is 3.25. The SMILES string of the molecule is COc1ccc(Cl)cc1-c1[nH]c2c(Cl)cccc2c1CCCCN. The molecule has 1 aromatic heterocycles. The van der Waals surface area contributed by atoms with Crippen LogP contribution in [0.5, 0.6) is 5.75 Å². The van der Waals surface area contributed by atoms with Crippen molar-refractivity contribution in [2.45, 2.75) is 19.3 Å². The molecule has 3 aromatic rings. The minimum atomic E-state index is 0.670. The summed E-state index contributed by atoms with van der Waals surface area (Å²) in [6.07, 6.45) is 2.92. The van der Waals surface area contributed by atoms with E-state index in [1.807, 2.05) is 30.3 Å². The predicted molar refractivity (Wildman–Crippen MR) is 102 cm³/mol. The third-order valence-corrected chi connectivity index (χ3v) is 4.75. The maximum Gasteiger partial charge on any atom is 0.128 e. The molecule has 0 aliphatic carbocycles. The van der Waals surface area contributed by atoms with E-state index in [0.717, 1.165) is 47.2 Å². The number of aryl methyl sites for hydroxylation is 1. The average molecular weight is 363 g/mol. The number of fused-ring (bicyclic) bond motifs is 1. The molecule has 3 N–H and O–H groups in total. The van der Waals surface area contributed by atoms with Gasteiger partial charge in [0.05, 0.1) is 23.3 Å². The Morgan fingerprint density at radius 2 is 1.96 bits per heavy atom. The third-order valence-electron chi connectivity index (χ3n) is 4.20. The molecule has 0 atom stereocenters.